The standard InChI is InChI=1S/C16H19N3O3/c17-13-1-2-14-12(9-13)10-18-19(14)15(20)11-3-5-16(6-4-11)21-7-8-22-16/h1-2,9-11H,3-8,17H2. The van der Waals surface area contributed by atoms with Gasteiger partial charge in [0.25, 0.3) is 5.91 Å². The van der Waals surface area contributed by atoms with Crippen LogP contribution < -0.4 is 5.73 Å². The summed E-state index contributed by atoms with van der Waals surface area (Å²) in [6.07, 6.45) is 4.78. The molecule has 0 bridgehead atoms. The average molecular weight is 301 g/mol. The van der Waals surface area contributed by atoms with E-state index in [1.54, 1.807) is 12.3 Å². The van der Waals surface area contributed by atoms with Gasteiger partial charge >= 0.3 is 0 Å². The second-order valence-corrected chi connectivity index (χ2v) is 6.09. The van der Waals surface area contributed by atoms with Crippen LogP contribution in [0.3, 0.4) is 0 Å². The molecule has 0 radical (unpaired) electrons. The quantitative estimate of drug-likeness (QED) is 0.817. The van der Waals surface area contributed by atoms with E-state index in [2.05, 4.69) is 5.10 Å². The summed E-state index contributed by atoms with van der Waals surface area (Å²) in [4.78, 5) is 12.8. The summed E-state index contributed by atoms with van der Waals surface area (Å²) in [5.41, 5.74) is 7.26. The van der Waals surface area contributed by atoms with E-state index in [-0.39, 0.29) is 11.8 Å². The number of aromatic nitrogens is 2. The molecule has 2 aliphatic rings. The van der Waals surface area contributed by atoms with Gasteiger partial charge in [0.2, 0.25) is 0 Å². The molecule has 116 valence electrons. The highest BCUT2D eigenvalue weighted by Crippen LogP contribution is 2.39. The molecule has 1 aromatic heterocycles. The highest BCUT2D eigenvalue weighted by atomic mass is 16.7. The van der Waals surface area contributed by atoms with E-state index < -0.39 is 5.79 Å². The SMILES string of the molecule is Nc1ccc2c(cnn2C(=O)C2CCC3(CC2)OCCO3)c1. The molecule has 2 aromatic rings. The third-order valence-corrected chi connectivity index (χ3v) is 4.71. The molecular weight excluding hydrogens is 282 g/mol. The van der Waals surface area contributed by atoms with Crippen LogP contribution in [0.25, 0.3) is 10.9 Å². The van der Waals surface area contributed by atoms with E-state index in [4.69, 9.17) is 15.2 Å². The van der Waals surface area contributed by atoms with Crippen LogP contribution in [-0.4, -0.2) is 34.7 Å². The second-order valence-electron chi connectivity index (χ2n) is 6.09. The molecule has 22 heavy (non-hydrogen) atoms. The Morgan fingerprint density at radius 1 is 1.27 bits per heavy atom. The van der Waals surface area contributed by atoms with Crippen molar-refractivity contribution in [3.8, 4) is 0 Å². The first-order valence-electron chi connectivity index (χ1n) is 7.72. The largest absolute Gasteiger partial charge is 0.399 e. The van der Waals surface area contributed by atoms with Crippen LogP contribution in [-0.2, 0) is 9.47 Å². The Kier molecular flexibility index (Phi) is 3.16. The lowest BCUT2D eigenvalue weighted by molar-refractivity contribution is -0.180. The van der Waals surface area contributed by atoms with Crippen molar-refractivity contribution in [1.29, 1.82) is 0 Å². The number of nitrogens with two attached hydrogens (primary N) is 1. The van der Waals surface area contributed by atoms with E-state index in [0.29, 0.717) is 18.9 Å². The van der Waals surface area contributed by atoms with Gasteiger partial charge in [-0.1, -0.05) is 0 Å². The fourth-order valence-electron chi connectivity index (χ4n) is 3.49. The molecule has 2 N–H and O–H groups in total. The molecule has 1 saturated carbocycles. The first-order valence-corrected chi connectivity index (χ1v) is 7.72. The maximum atomic E-state index is 12.8. The first-order chi connectivity index (χ1) is 10.7. The van der Waals surface area contributed by atoms with Crippen LogP contribution >= 0.6 is 0 Å². The predicted molar refractivity (Wildman–Crippen MR) is 81.4 cm³/mol. The summed E-state index contributed by atoms with van der Waals surface area (Å²) in [5, 5.41) is 5.14. The number of carbonyl (C=O) groups excluding carboxylic acids is 1. The fourth-order valence-corrected chi connectivity index (χ4v) is 3.49. The van der Waals surface area contributed by atoms with E-state index in [1.165, 1.54) is 4.68 Å². The predicted octanol–water partition coefficient (Wildman–Crippen LogP) is 2.19. The normalized spacial score (nSPS) is 21.6. The molecule has 0 atom stereocenters. The average Bonchev–Trinajstić information content (AvgIpc) is 3.14. The van der Waals surface area contributed by atoms with Crippen LogP contribution in [0.15, 0.2) is 24.4 Å². The van der Waals surface area contributed by atoms with Crippen molar-refractivity contribution < 1.29 is 14.3 Å². The maximum absolute atomic E-state index is 12.8. The molecular formula is C16H19N3O3. The minimum atomic E-state index is -0.433. The number of nitrogens with zero attached hydrogens (tertiary/aromatic N) is 2. The van der Waals surface area contributed by atoms with E-state index >= 15 is 0 Å². The Labute approximate surface area is 128 Å². The Morgan fingerprint density at radius 3 is 2.73 bits per heavy atom. The Bertz CT molecular complexity index is 708. The third kappa shape index (κ3) is 2.19. The van der Waals surface area contributed by atoms with Crippen LogP contribution in [0.4, 0.5) is 5.69 Å². The van der Waals surface area contributed by atoms with Crippen molar-refractivity contribution in [2.75, 3.05) is 18.9 Å². The second kappa shape index (κ2) is 5.07. The minimum Gasteiger partial charge on any atom is -0.399 e. The lowest BCUT2D eigenvalue weighted by atomic mass is 9.84. The zero-order valence-corrected chi connectivity index (χ0v) is 12.3. The summed E-state index contributed by atoms with van der Waals surface area (Å²) < 4.78 is 12.9. The van der Waals surface area contributed by atoms with Crippen molar-refractivity contribution in [2.24, 2.45) is 5.92 Å². The van der Waals surface area contributed by atoms with E-state index in [9.17, 15) is 4.79 Å². The minimum absolute atomic E-state index is 0.0286. The number of nitrogen functional groups attached to an aromatic ring is 1. The molecule has 1 spiro atoms. The monoisotopic (exact) mass is 301 g/mol. The molecule has 1 saturated heterocycles. The number of hydrogen-bond donors (Lipinski definition) is 1. The molecule has 0 unspecified atom stereocenters. The first kappa shape index (κ1) is 13.7. The summed E-state index contributed by atoms with van der Waals surface area (Å²) in [6.45, 7) is 1.31. The fraction of sp³-hybridized carbons (Fsp3) is 0.500. The molecule has 2 fully saturated rings. The number of rotatable bonds is 1. The number of ether oxygens (including phenoxy) is 2. The van der Waals surface area contributed by atoms with Gasteiger partial charge in [-0.05, 0) is 31.0 Å². The molecule has 1 aliphatic heterocycles. The number of fused-ring (bicyclic) bond motifs is 1. The van der Waals surface area contributed by atoms with Gasteiger partial charge in [-0.15, -0.1) is 0 Å². The zero-order valence-electron chi connectivity index (χ0n) is 12.3. The van der Waals surface area contributed by atoms with Gasteiger partial charge in [-0.25, -0.2) is 0 Å². The highest BCUT2D eigenvalue weighted by molar-refractivity contribution is 5.93. The van der Waals surface area contributed by atoms with Gasteiger partial charge in [0.15, 0.2) is 5.79 Å². The highest BCUT2D eigenvalue weighted by Gasteiger charge is 2.42. The lowest BCUT2D eigenvalue weighted by Crippen LogP contribution is -2.38. The topological polar surface area (TPSA) is 79.4 Å². The van der Waals surface area contributed by atoms with Gasteiger partial charge < -0.3 is 15.2 Å². The Balaban J connectivity index is 1.54. The summed E-state index contributed by atoms with van der Waals surface area (Å²) in [6, 6.07) is 5.48. The number of carbonyl (C=O) groups is 1. The smallest absolute Gasteiger partial charge is 0.250 e. The van der Waals surface area contributed by atoms with Crippen molar-refractivity contribution in [2.45, 2.75) is 31.5 Å². The van der Waals surface area contributed by atoms with Crippen molar-refractivity contribution in [1.82, 2.24) is 9.78 Å². The summed E-state index contributed by atoms with van der Waals surface area (Å²) in [5.74, 6) is -0.413. The van der Waals surface area contributed by atoms with Crippen LogP contribution in [0.2, 0.25) is 0 Å². The number of anilines is 1. The Morgan fingerprint density at radius 2 is 2.00 bits per heavy atom. The molecule has 1 aliphatic carbocycles. The van der Waals surface area contributed by atoms with Crippen molar-refractivity contribution in [3.05, 3.63) is 24.4 Å². The van der Waals surface area contributed by atoms with Gasteiger partial charge in [-0.2, -0.15) is 9.78 Å². The molecule has 2 heterocycles. The van der Waals surface area contributed by atoms with Gasteiger partial charge in [0.1, 0.15) is 0 Å². The Hall–Kier alpha value is -1.92. The maximum Gasteiger partial charge on any atom is 0.250 e. The van der Waals surface area contributed by atoms with Gasteiger partial charge in [0, 0.05) is 29.8 Å². The van der Waals surface area contributed by atoms with Crippen molar-refractivity contribution in [3.63, 3.8) is 0 Å². The van der Waals surface area contributed by atoms with Gasteiger partial charge in [-0.3, -0.25) is 4.79 Å². The summed E-state index contributed by atoms with van der Waals surface area (Å²) >= 11 is 0. The molecule has 1 aromatic carbocycles. The summed E-state index contributed by atoms with van der Waals surface area (Å²) in [7, 11) is 0. The van der Waals surface area contributed by atoms with Crippen LogP contribution in [0.1, 0.15) is 30.5 Å². The van der Waals surface area contributed by atoms with Crippen LogP contribution in [0.5, 0.6) is 0 Å². The van der Waals surface area contributed by atoms with Gasteiger partial charge in [0.05, 0.1) is 24.9 Å². The van der Waals surface area contributed by atoms with Crippen molar-refractivity contribution >= 4 is 22.5 Å². The number of hydrogen-bond acceptors (Lipinski definition) is 5. The zero-order chi connectivity index (χ0) is 15.2. The van der Waals surface area contributed by atoms with E-state index in [0.717, 1.165) is 36.6 Å². The lowest BCUT2D eigenvalue weighted by Gasteiger charge is -2.34. The molecule has 6 nitrogen and oxygen atoms in total. The third-order valence-electron chi connectivity index (χ3n) is 4.71. The molecule has 0 amide bonds. The van der Waals surface area contributed by atoms with Crippen LogP contribution in [0, 0.1) is 5.92 Å². The number of benzene rings is 1. The molecule has 6 heteroatoms. The van der Waals surface area contributed by atoms with E-state index in [1.807, 2.05) is 12.1 Å². The molecule has 4 rings (SSSR count).